The summed E-state index contributed by atoms with van der Waals surface area (Å²) < 4.78 is 40.5. The van der Waals surface area contributed by atoms with Crippen molar-refractivity contribution in [3.8, 4) is 5.88 Å². The quantitative estimate of drug-likeness (QED) is 0.888. The Bertz CT molecular complexity index is 490. The van der Waals surface area contributed by atoms with Gasteiger partial charge < -0.3 is 15.4 Å². The Hall–Kier alpha value is -1.64. The summed E-state index contributed by atoms with van der Waals surface area (Å²) in [4.78, 5) is 15.5. The van der Waals surface area contributed by atoms with Gasteiger partial charge in [-0.25, -0.2) is 9.78 Å². The van der Waals surface area contributed by atoms with Gasteiger partial charge in [0.15, 0.2) is 6.61 Å². The minimum absolute atomic E-state index is 0.146. The van der Waals surface area contributed by atoms with Crippen molar-refractivity contribution in [2.75, 3.05) is 23.4 Å². The van der Waals surface area contributed by atoms with E-state index in [0.717, 1.165) is 24.3 Å². The number of rotatable bonds is 4. The van der Waals surface area contributed by atoms with Crippen LogP contribution >= 0.6 is 11.8 Å². The summed E-state index contributed by atoms with van der Waals surface area (Å²) in [6, 6.07) is 2.53. The van der Waals surface area contributed by atoms with Gasteiger partial charge in [-0.15, -0.1) is 0 Å². The number of aromatic nitrogens is 1. The number of halogens is 3. The van der Waals surface area contributed by atoms with E-state index in [1.165, 1.54) is 18.3 Å². The predicted octanol–water partition coefficient (Wildman–Crippen LogP) is 3.04. The van der Waals surface area contributed by atoms with E-state index in [-0.39, 0.29) is 18.0 Å². The van der Waals surface area contributed by atoms with Gasteiger partial charge in [-0.1, -0.05) is 0 Å². The summed E-state index contributed by atoms with van der Waals surface area (Å²) in [7, 11) is 0. The maximum absolute atomic E-state index is 12.0. The van der Waals surface area contributed by atoms with Gasteiger partial charge in [0.1, 0.15) is 0 Å². The Morgan fingerprint density at radius 2 is 2.09 bits per heavy atom. The third kappa shape index (κ3) is 6.00. The van der Waals surface area contributed by atoms with E-state index >= 15 is 0 Å². The van der Waals surface area contributed by atoms with E-state index in [1.807, 2.05) is 11.8 Å². The molecule has 0 spiro atoms. The lowest BCUT2D eigenvalue weighted by molar-refractivity contribution is -0.154. The van der Waals surface area contributed by atoms with Crippen LogP contribution in [0.2, 0.25) is 0 Å². The minimum atomic E-state index is -4.41. The summed E-state index contributed by atoms with van der Waals surface area (Å²) in [5, 5.41) is 5.45. The maximum Gasteiger partial charge on any atom is 0.422 e. The van der Waals surface area contributed by atoms with Crippen molar-refractivity contribution in [2.24, 2.45) is 0 Å². The highest BCUT2D eigenvalue weighted by molar-refractivity contribution is 7.99. The molecule has 0 atom stereocenters. The normalized spacial score (nSPS) is 16.1. The van der Waals surface area contributed by atoms with Crippen LogP contribution < -0.4 is 15.4 Å². The van der Waals surface area contributed by atoms with Crippen molar-refractivity contribution in [3.63, 3.8) is 0 Å². The van der Waals surface area contributed by atoms with Gasteiger partial charge in [-0.05, 0) is 30.4 Å². The third-order valence-electron chi connectivity index (χ3n) is 2.93. The van der Waals surface area contributed by atoms with Crippen LogP contribution in [0.25, 0.3) is 0 Å². The lowest BCUT2D eigenvalue weighted by Gasteiger charge is -2.22. The average molecular weight is 335 g/mol. The molecule has 2 heterocycles. The van der Waals surface area contributed by atoms with Crippen LogP contribution in [0, 0.1) is 0 Å². The first-order valence-corrected chi connectivity index (χ1v) is 7.89. The van der Waals surface area contributed by atoms with Gasteiger partial charge in [0, 0.05) is 12.1 Å². The van der Waals surface area contributed by atoms with Gasteiger partial charge in [-0.2, -0.15) is 24.9 Å². The zero-order chi connectivity index (χ0) is 16.0. The van der Waals surface area contributed by atoms with Gasteiger partial charge in [0.25, 0.3) is 0 Å². The SMILES string of the molecule is O=C(Nc1ccc(OCC(F)(F)F)nc1)NC1CCSCC1. The molecule has 2 N–H and O–H groups in total. The number of thioether (sulfide) groups is 1. The van der Waals surface area contributed by atoms with E-state index in [0.29, 0.717) is 5.69 Å². The average Bonchev–Trinajstić information content (AvgIpc) is 2.47. The van der Waals surface area contributed by atoms with Crippen LogP contribution in [-0.2, 0) is 0 Å². The molecule has 0 aliphatic carbocycles. The monoisotopic (exact) mass is 335 g/mol. The minimum Gasteiger partial charge on any atom is -0.468 e. The number of nitrogens with zero attached hydrogens (tertiary/aromatic N) is 1. The van der Waals surface area contributed by atoms with E-state index in [9.17, 15) is 18.0 Å². The van der Waals surface area contributed by atoms with Crippen molar-refractivity contribution in [1.29, 1.82) is 0 Å². The fraction of sp³-hybridized carbons (Fsp3) is 0.538. The molecule has 122 valence electrons. The summed E-state index contributed by atoms with van der Waals surface area (Å²) in [5.74, 6) is 1.91. The fourth-order valence-corrected chi connectivity index (χ4v) is 3.00. The number of hydrogen-bond donors (Lipinski definition) is 2. The van der Waals surface area contributed by atoms with Crippen molar-refractivity contribution >= 4 is 23.5 Å². The van der Waals surface area contributed by atoms with Crippen LogP contribution in [0.4, 0.5) is 23.7 Å². The van der Waals surface area contributed by atoms with E-state index in [2.05, 4.69) is 20.4 Å². The number of ether oxygens (including phenoxy) is 1. The van der Waals surface area contributed by atoms with Gasteiger partial charge in [0.2, 0.25) is 5.88 Å². The largest absolute Gasteiger partial charge is 0.468 e. The Labute approximate surface area is 130 Å². The second-order valence-electron chi connectivity index (χ2n) is 4.77. The lowest BCUT2D eigenvalue weighted by atomic mass is 10.2. The maximum atomic E-state index is 12.0. The standard InChI is InChI=1S/C13H16F3N3O2S/c14-13(15,16)8-21-11-2-1-10(7-17-11)19-12(20)18-9-3-5-22-6-4-9/h1-2,7,9H,3-6,8H2,(H2,18,19,20). The molecule has 0 aromatic carbocycles. The zero-order valence-corrected chi connectivity index (χ0v) is 12.5. The molecular weight excluding hydrogens is 319 g/mol. The molecule has 2 amide bonds. The summed E-state index contributed by atoms with van der Waals surface area (Å²) in [6.07, 6.45) is -1.29. The molecule has 0 unspecified atom stereocenters. The smallest absolute Gasteiger partial charge is 0.422 e. The third-order valence-corrected chi connectivity index (χ3v) is 3.98. The van der Waals surface area contributed by atoms with Crippen LogP contribution in [0.5, 0.6) is 5.88 Å². The molecule has 5 nitrogen and oxygen atoms in total. The van der Waals surface area contributed by atoms with Gasteiger partial charge in [0.05, 0.1) is 11.9 Å². The second kappa shape index (κ2) is 7.57. The molecule has 2 rings (SSSR count). The first kappa shape index (κ1) is 16.7. The molecule has 9 heteroatoms. The lowest BCUT2D eigenvalue weighted by Crippen LogP contribution is -2.39. The molecule has 1 aliphatic heterocycles. The Morgan fingerprint density at radius 1 is 1.36 bits per heavy atom. The van der Waals surface area contributed by atoms with E-state index < -0.39 is 12.8 Å². The van der Waals surface area contributed by atoms with Gasteiger partial charge >= 0.3 is 12.2 Å². The van der Waals surface area contributed by atoms with Crippen LogP contribution in [0.3, 0.4) is 0 Å². The molecule has 0 radical (unpaired) electrons. The first-order chi connectivity index (χ1) is 10.4. The molecule has 1 aromatic rings. The second-order valence-corrected chi connectivity index (χ2v) is 6.00. The number of nitrogens with one attached hydrogen (secondary N) is 2. The fourth-order valence-electron chi connectivity index (χ4n) is 1.89. The van der Waals surface area contributed by atoms with Crippen molar-refractivity contribution in [3.05, 3.63) is 18.3 Å². The first-order valence-electron chi connectivity index (χ1n) is 6.73. The van der Waals surface area contributed by atoms with Crippen LogP contribution in [0.15, 0.2) is 18.3 Å². The number of hydrogen-bond acceptors (Lipinski definition) is 4. The molecule has 0 saturated carbocycles. The number of carbonyl (C=O) groups is 1. The topological polar surface area (TPSA) is 63.2 Å². The number of pyridine rings is 1. The van der Waals surface area contributed by atoms with Gasteiger partial charge in [-0.3, -0.25) is 0 Å². The molecule has 1 aliphatic rings. The van der Waals surface area contributed by atoms with Crippen molar-refractivity contribution < 1.29 is 22.7 Å². The number of amides is 2. The highest BCUT2D eigenvalue weighted by atomic mass is 32.2. The molecule has 1 aromatic heterocycles. The molecule has 1 fully saturated rings. The molecule has 22 heavy (non-hydrogen) atoms. The highest BCUT2D eigenvalue weighted by Crippen LogP contribution is 2.19. The van der Waals surface area contributed by atoms with E-state index in [1.54, 1.807) is 0 Å². The Balaban J connectivity index is 1.79. The number of urea groups is 1. The number of alkyl halides is 3. The highest BCUT2D eigenvalue weighted by Gasteiger charge is 2.28. The van der Waals surface area contributed by atoms with Crippen LogP contribution in [0.1, 0.15) is 12.8 Å². The number of anilines is 1. The Morgan fingerprint density at radius 3 is 2.68 bits per heavy atom. The van der Waals surface area contributed by atoms with Crippen molar-refractivity contribution in [1.82, 2.24) is 10.3 Å². The molecular formula is C13H16F3N3O2S. The number of carbonyl (C=O) groups excluding carboxylic acids is 1. The predicted molar refractivity (Wildman–Crippen MR) is 78.3 cm³/mol. The summed E-state index contributed by atoms with van der Waals surface area (Å²) in [5.41, 5.74) is 0.391. The van der Waals surface area contributed by atoms with Crippen molar-refractivity contribution in [2.45, 2.75) is 25.1 Å². The van der Waals surface area contributed by atoms with E-state index in [4.69, 9.17) is 0 Å². The molecule has 1 saturated heterocycles. The molecule has 0 bridgehead atoms. The summed E-state index contributed by atoms with van der Waals surface area (Å²) >= 11 is 1.86. The van der Waals surface area contributed by atoms with Crippen LogP contribution in [-0.4, -0.2) is 41.3 Å². The summed E-state index contributed by atoms with van der Waals surface area (Å²) in [6.45, 7) is -1.40. The zero-order valence-electron chi connectivity index (χ0n) is 11.7. The Kier molecular flexibility index (Phi) is 5.76.